The smallest absolute Gasteiger partial charge is 0.275 e. The van der Waals surface area contributed by atoms with Gasteiger partial charge in [-0.3, -0.25) is 14.4 Å². The number of pyridine rings is 1. The van der Waals surface area contributed by atoms with Crippen molar-refractivity contribution < 1.29 is 32.2 Å². The molecule has 0 aliphatic carbocycles. The predicted octanol–water partition coefficient (Wildman–Crippen LogP) is 3.73. The van der Waals surface area contributed by atoms with Gasteiger partial charge in [-0.25, -0.2) is 13.2 Å². The van der Waals surface area contributed by atoms with Gasteiger partial charge in [-0.2, -0.15) is 0 Å². The zero-order valence-corrected chi connectivity index (χ0v) is 21.4. The summed E-state index contributed by atoms with van der Waals surface area (Å²) in [5.74, 6) is -5.02. The maximum absolute atomic E-state index is 14.1. The number of carbonyl (C=O) groups is 2. The Morgan fingerprint density at radius 1 is 1.13 bits per heavy atom. The lowest BCUT2D eigenvalue weighted by molar-refractivity contribution is 0.0293. The average molecular weight is 534 g/mol. The molecule has 1 aromatic carbocycles. The maximum Gasteiger partial charge on any atom is 0.275 e. The summed E-state index contributed by atoms with van der Waals surface area (Å²) >= 11 is 0. The summed E-state index contributed by atoms with van der Waals surface area (Å²) in [6.07, 6.45) is 5.92. The van der Waals surface area contributed by atoms with Gasteiger partial charge < -0.3 is 24.3 Å². The van der Waals surface area contributed by atoms with Crippen molar-refractivity contribution in [2.75, 3.05) is 19.8 Å². The molecule has 11 heteroatoms. The molecule has 0 saturated carbocycles. The lowest BCUT2D eigenvalue weighted by Crippen LogP contribution is -2.50. The van der Waals surface area contributed by atoms with E-state index in [0.717, 1.165) is 6.42 Å². The number of amides is 2. The van der Waals surface area contributed by atoms with E-state index in [1.165, 1.54) is 10.8 Å². The first-order valence-corrected chi connectivity index (χ1v) is 12.6. The Morgan fingerprint density at radius 2 is 1.84 bits per heavy atom. The van der Waals surface area contributed by atoms with Gasteiger partial charge in [0.05, 0.1) is 18.8 Å². The zero-order chi connectivity index (χ0) is 27.6. The Kier molecular flexibility index (Phi) is 8.25. The molecule has 1 aromatic heterocycles. The van der Waals surface area contributed by atoms with Crippen LogP contribution >= 0.6 is 0 Å². The van der Waals surface area contributed by atoms with Gasteiger partial charge >= 0.3 is 0 Å². The molecule has 0 radical (unpaired) electrons. The van der Waals surface area contributed by atoms with Crippen molar-refractivity contribution in [2.45, 2.75) is 58.3 Å². The Bertz CT molecular complexity index is 1300. The molecule has 2 aromatic rings. The van der Waals surface area contributed by atoms with Crippen LogP contribution in [-0.4, -0.2) is 53.2 Å². The van der Waals surface area contributed by atoms with Crippen LogP contribution in [0.3, 0.4) is 0 Å². The number of nitrogens with one attached hydrogen (secondary N) is 1. The Balaban J connectivity index is 1.78. The van der Waals surface area contributed by atoms with E-state index in [4.69, 9.17) is 9.47 Å². The number of aromatic nitrogens is 1. The summed E-state index contributed by atoms with van der Waals surface area (Å²) in [7, 11) is 0. The summed E-state index contributed by atoms with van der Waals surface area (Å²) < 4.78 is 54.7. The summed E-state index contributed by atoms with van der Waals surface area (Å²) in [6.45, 7) is 5.83. The fourth-order valence-corrected chi connectivity index (χ4v) is 4.68. The summed E-state index contributed by atoms with van der Waals surface area (Å²) in [5.41, 5.74) is -1.70. The van der Waals surface area contributed by atoms with Gasteiger partial charge in [0.25, 0.3) is 11.8 Å². The van der Waals surface area contributed by atoms with Crippen LogP contribution in [0.15, 0.2) is 35.3 Å². The number of benzene rings is 1. The van der Waals surface area contributed by atoms with Gasteiger partial charge in [0.1, 0.15) is 23.0 Å². The number of unbranched alkanes of at least 4 members (excludes halogenated alkanes) is 1. The van der Waals surface area contributed by atoms with Crippen LogP contribution in [-0.2, 0) is 11.3 Å². The zero-order valence-electron chi connectivity index (χ0n) is 21.4. The molecule has 0 saturated heterocycles. The molecular weight excluding hydrogens is 503 g/mol. The van der Waals surface area contributed by atoms with Crippen LogP contribution in [0.2, 0.25) is 0 Å². The SMILES string of the molecule is CCCCOc1c2n(cc(C(=O)NCc3c(F)cc(F)cc3F)c1=O)[C@@H]1CN(C2=O)[C@@H](C)C=C[C@@H]1OCC. The third kappa shape index (κ3) is 5.20. The quantitative estimate of drug-likeness (QED) is 0.392. The van der Waals surface area contributed by atoms with Gasteiger partial charge in [0.15, 0.2) is 11.4 Å². The number of rotatable bonds is 9. The monoisotopic (exact) mass is 533 g/mol. The minimum Gasteiger partial charge on any atom is -0.487 e. The minimum atomic E-state index is -1.17. The number of carbonyl (C=O) groups excluding carboxylic acids is 2. The second-order valence-corrected chi connectivity index (χ2v) is 9.26. The van der Waals surface area contributed by atoms with Crippen LogP contribution in [0.5, 0.6) is 5.75 Å². The molecular formula is C27H30F3N3O5. The number of ether oxygens (including phenoxy) is 2. The van der Waals surface area contributed by atoms with E-state index in [-0.39, 0.29) is 36.2 Å². The summed E-state index contributed by atoms with van der Waals surface area (Å²) in [4.78, 5) is 41.8. The lowest BCUT2D eigenvalue weighted by Gasteiger charge is -2.39. The molecule has 204 valence electrons. The average Bonchev–Trinajstić information content (AvgIpc) is 3.00. The van der Waals surface area contributed by atoms with Gasteiger partial charge in [-0.1, -0.05) is 25.5 Å². The highest BCUT2D eigenvalue weighted by atomic mass is 19.1. The van der Waals surface area contributed by atoms with Crippen LogP contribution in [0.1, 0.15) is 66.1 Å². The molecule has 2 aliphatic heterocycles. The van der Waals surface area contributed by atoms with Crippen molar-refractivity contribution >= 4 is 11.8 Å². The van der Waals surface area contributed by atoms with Crippen LogP contribution < -0.4 is 15.5 Å². The predicted molar refractivity (Wildman–Crippen MR) is 133 cm³/mol. The second-order valence-electron chi connectivity index (χ2n) is 9.26. The topological polar surface area (TPSA) is 89.9 Å². The van der Waals surface area contributed by atoms with Crippen molar-refractivity contribution in [3.63, 3.8) is 0 Å². The van der Waals surface area contributed by atoms with Crippen LogP contribution in [0.25, 0.3) is 0 Å². The summed E-state index contributed by atoms with van der Waals surface area (Å²) in [5, 5.41) is 2.33. The van der Waals surface area contributed by atoms with Gasteiger partial charge in [-0.15, -0.1) is 0 Å². The van der Waals surface area contributed by atoms with E-state index in [2.05, 4.69) is 5.32 Å². The molecule has 2 amide bonds. The maximum atomic E-state index is 14.1. The molecule has 3 atom stereocenters. The normalized spacial score (nSPS) is 20.2. The summed E-state index contributed by atoms with van der Waals surface area (Å²) in [6, 6.07) is 0.288. The van der Waals surface area contributed by atoms with Crippen molar-refractivity contribution in [3.05, 3.63) is 75.0 Å². The van der Waals surface area contributed by atoms with Gasteiger partial charge in [0.2, 0.25) is 5.43 Å². The standard InChI is InChI=1S/C27H30F3N3O5/c1-4-6-9-38-25-23-27(36)32-14-21(22(37-5-2)8-7-15(32)3)33(23)13-18(24(25)34)26(35)31-12-17-19(29)10-16(28)11-20(17)30/h7-8,10-11,13,15,21-22H,4-6,9,12,14H2,1-3H3,(H,31,35)/t15-,21+,22-/m0/s1. The fraction of sp³-hybridized carbons (Fsp3) is 0.444. The highest BCUT2D eigenvalue weighted by molar-refractivity contribution is 5.99. The third-order valence-corrected chi connectivity index (χ3v) is 6.73. The molecule has 3 heterocycles. The first-order chi connectivity index (χ1) is 18.2. The van der Waals surface area contributed by atoms with Crippen molar-refractivity contribution in [1.29, 1.82) is 0 Å². The van der Waals surface area contributed by atoms with Crippen molar-refractivity contribution in [1.82, 2.24) is 14.8 Å². The fourth-order valence-electron chi connectivity index (χ4n) is 4.68. The molecule has 4 rings (SSSR count). The molecule has 0 unspecified atom stereocenters. The van der Waals surface area contributed by atoms with Crippen molar-refractivity contribution in [2.24, 2.45) is 0 Å². The highest BCUT2D eigenvalue weighted by Gasteiger charge is 2.41. The number of halogens is 3. The number of hydrogen-bond donors (Lipinski definition) is 1. The van der Waals surface area contributed by atoms with E-state index in [1.807, 2.05) is 32.9 Å². The van der Waals surface area contributed by atoms with E-state index >= 15 is 0 Å². The molecule has 2 bridgehead atoms. The minimum absolute atomic E-state index is 0.0229. The number of nitrogens with zero attached hydrogens (tertiary/aromatic N) is 2. The molecule has 0 fully saturated rings. The Hall–Kier alpha value is -3.60. The van der Waals surface area contributed by atoms with E-state index in [0.29, 0.717) is 25.2 Å². The Labute approximate surface area is 218 Å². The van der Waals surface area contributed by atoms with Gasteiger partial charge in [0, 0.05) is 49.6 Å². The molecule has 8 nitrogen and oxygen atoms in total. The number of hydrogen-bond acceptors (Lipinski definition) is 5. The van der Waals surface area contributed by atoms with Crippen molar-refractivity contribution in [3.8, 4) is 5.75 Å². The van der Waals surface area contributed by atoms with E-state index in [1.54, 1.807) is 4.90 Å². The third-order valence-electron chi connectivity index (χ3n) is 6.73. The Morgan fingerprint density at radius 3 is 2.50 bits per heavy atom. The van der Waals surface area contributed by atoms with Gasteiger partial charge in [-0.05, 0) is 20.3 Å². The lowest BCUT2D eigenvalue weighted by atomic mass is 10.0. The molecule has 2 aliphatic rings. The van der Waals surface area contributed by atoms with Crippen LogP contribution in [0, 0.1) is 17.5 Å². The van der Waals surface area contributed by atoms with Crippen LogP contribution in [0.4, 0.5) is 13.2 Å². The molecule has 38 heavy (non-hydrogen) atoms. The largest absolute Gasteiger partial charge is 0.487 e. The van der Waals surface area contributed by atoms with E-state index in [9.17, 15) is 27.6 Å². The molecule has 0 spiro atoms. The molecule has 1 N–H and O–H groups in total. The van der Waals surface area contributed by atoms with E-state index < -0.39 is 58.9 Å². The first kappa shape index (κ1) is 27.4. The second kappa shape index (κ2) is 11.4. The number of fused-ring (bicyclic) bond motifs is 4. The first-order valence-electron chi connectivity index (χ1n) is 12.6. The highest BCUT2D eigenvalue weighted by Crippen LogP contribution is 2.34.